The molecule has 0 aromatic heterocycles. The van der Waals surface area contributed by atoms with E-state index in [1.807, 2.05) is 0 Å². The van der Waals surface area contributed by atoms with Gasteiger partial charge in [0, 0.05) is 19.0 Å². The number of rotatable bonds is 6. The lowest BCUT2D eigenvalue weighted by molar-refractivity contribution is -0.120. The number of piperidine rings is 1. The molecule has 11 heteroatoms. The molecule has 1 amide bonds. The Bertz CT molecular complexity index is 1130. The molecule has 32 heavy (non-hydrogen) atoms. The van der Waals surface area contributed by atoms with Gasteiger partial charge in [0.25, 0.3) is 0 Å². The van der Waals surface area contributed by atoms with E-state index in [1.54, 1.807) is 6.07 Å². The first-order chi connectivity index (χ1) is 15.2. The number of ether oxygens (including phenoxy) is 2. The highest BCUT2D eigenvalue weighted by atomic mass is 32.2. The summed E-state index contributed by atoms with van der Waals surface area (Å²) in [5.74, 6) is -3.49. The Balaban J connectivity index is 1.68. The lowest BCUT2D eigenvalue weighted by atomic mass is 9.97. The molecular formula is C21H22F2N2O6S. The Morgan fingerprint density at radius 3 is 2.31 bits per heavy atom. The SMILES string of the molecule is COC(=O)c1cc(OC)ccc1NC(=O)C1CCN(S(=O)(=O)c2ccc(F)c(F)c2)CC1. The number of nitrogens with zero attached hydrogens (tertiary/aromatic N) is 1. The van der Waals surface area contributed by atoms with Crippen molar-refractivity contribution in [1.82, 2.24) is 4.31 Å². The molecule has 0 unspecified atom stereocenters. The Kier molecular flexibility index (Phi) is 7.09. The second kappa shape index (κ2) is 9.61. The van der Waals surface area contributed by atoms with Crippen molar-refractivity contribution in [3.05, 3.63) is 53.6 Å². The van der Waals surface area contributed by atoms with Crippen LogP contribution in [0.1, 0.15) is 23.2 Å². The van der Waals surface area contributed by atoms with Crippen molar-refractivity contribution in [2.24, 2.45) is 5.92 Å². The summed E-state index contributed by atoms with van der Waals surface area (Å²) < 4.78 is 63.0. The first kappa shape index (κ1) is 23.6. The van der Waals surface area contributed by atoms with Gasteiger partial charge in [-0.1, -0.05) is 0 Å². The van der Waals surface area contributed by atoms with Gasteiger partial charge < -0.3 is 14.8 Å². The van der Waals surface area contributed by atoms with E-state index in [0.29, 0.717) is 11.8 Å². The number of nitrogens with one attached hydrogen (secondary N) is 1. The van der Waals surface area contributed by atoms with Crippen LogP contribution in [0.3, 0.4) is 0 Å². The van der Waals surface area contributed by atoms with E-state index >= 15 is 0 Å². The number of methoxy groups -OCH3 is 2. The highest BCUT2D eigenvalue weighted by molar-refractivity contribution is 7.89. The van der Waals surface area contributed by atoms with Crippen LogP contribution in [0.4, 0.5) is 14.5 Å². The summed E-state index contributed by atoms with van der Waals surface area (Å²) in [5.41, 5.74) is 0.373. The van der Waals surface area contributed by atoms with Gasteiger partial charge in [0.15, 0.2) is 11.6 Å². The van der Waals surface area contributed by atoms with Crippen LogP contribution in [0.5, 0.6) is 5.75 Å². The maximum atomic E-state index is 13.5. The molecule has 0 radical (unpaired) electrons. The minimum Gasteiger partial charge on any atom is -0.497 e. The molecule has 1 saturated heterocycles. The molecule has 0 atom stereocenters. The van der Waals surface area contributed by atoms with E-state index in [0.717, 1.165) is 16.4 Å². The van der Waals surface area contributed by atoms with E-state index < -0.39 is 33.5 Å². The fraction of sp³-hybridized carbons (Fsp3) is 0.333. The zero-order valence-corrected chi connectivity index (χ0v) is 18.2. The van der Waals surface area contributed by atoms with Gasteiger partial charge in [-0.3, -0.25) is 4.79 Å². The number of anilines is 1. The van der Waals surface area contributed by atoms with Gasteiger partial charge in [-0.15, -0.1) is 0 Å². The predicted octanol–water partition coefficient (Wildman–Crippen LogP) is 2.80. The molecule has 1 fully saturated rings. The summed E-state index contributed by atoms with van der Waals surface area (Å²) in [6.45, 7) is 0.0672. The number of benzene rings is 2. The van der Waals surface area contributed by atoms with E-state index in [1.165, 1.54) is 26.4 Å². The number of carbonyl (C=O) groups is 2. The average molecular weight is 468 g/mol. The van der Waals surface area contributed by atoms with Crippen LogP contribution < -0.4 is 10.1 Å². The number of halogens is 2. The first-order valence-electron chi connectivity index (χ1n) is 9.69. The highest BCUT2D eigenvalue weighted by Gasteiger charge is 2.33. The minimum absolute atomic E-state index is 0.0336. The average Bonchev–Trinajstić information content (AvgIpc) is 2.80. The van der Waals surface area contributed by atoms with Crippen LogP contribution in [-0.2, 0) is 19.6 Å². The number of esters is 1. The zero-order chi connectivity index (χ0) is 23.5. The number of carbonyl (C=O) groups excluding carboxylic acids is 2. The lowest BCUT2D eigenvalue weighted by Gasteiger charge is -2.30. The maximum absolute atomic E-state index is 13.5. The van der Waals surface area contributed by atoms with E-state index in [4.69, 9.17) is 9.47 Å². The largest absolute Gasteiger partial charge is 0.497 e. The molecular weight excluding hydrogens is 446 g/mol. The molecule has 0 spiro atoms. The summed E-state index contributed by atoms with van der Waals surface area (Å²) in [5, 5.41) is 2.69. The number of hydrogen-bond donors (Lipinski definition) is 1. The molecule has 0 aliphatic carbocycles. The topological polar surface area (TPSA) is 102 Å². The molecule has 2 aromatic rings. The van der Waals surface area contributed by atoms with Gasteiger partial charge in [-0.25, -0.2) is 22.0 Å². The van der Waals surface area contributed by atoms with Gasteiger partial charge in [-0.2, -0.15) is 4.31 Å². The van der Waals surface area contributed by atoms with Gasteiger partial charge in [0.2, 0.25) is 15.9 Å². The fourth-order valence-electron chi connectivity index (χ4n) is 3.42. The van der Waals surface area contributed by atoms with Crippen LogP contribution in [-0.4, -0.2) is 51.9 Å². The van der Waals surface area contributed by atoms with Crippen molar-refractivity contribution in [2.45, 2.75) is 17.7 Å². The molecule has 2 aromatic carbocycles. The summed E-state index contributed by atoms with van der Waals surface area (Å²) in [6.07, 6.45) is 0.441. The second-order valence-electron chi connectivity index (χ2n) is 7.15. The van der Waals surface area contributed by atoms with E-state index in [9.17, 15) is 26.8 Å². The van der Waals surface area contributed by atoms with Crippen molar-refractivity contribution in [1.29, 1.82) is 0 Å². The standard InChI is InChI=1S/C21H22F2N2O6S/c1-30-14-3-6-19(16(11-14)21(27)31-2)24-20(26)13-7-9-25(10-8-13)32(28,29)15-4-5-17(22)18(23)12-15/h3-6,11-13H,7-10H2,1-2H3,(H,24,26). The molecule has 1 aliphatic rings. The Morgan fingerprint density at radius 1 is 1.03 bits per heavy atom. The zero-order valence-electron chi connectivity index (χ0n) is 17.4. The third-order valence-electron chi connectivity index (χ3n) is 5.24. The molecule has 1 N–H and O–H groups in total. The van der Waals surface area contributed by atoms with Crippen LogP contribution in [0.15, 0.2) is 41.3 Å². The monoisotopic (exact) mass is 468 g/mol. The third-order valence-corrected chi connectivity index (χ3v) is 7.14. The number of hydrogen-bond acceptors (Lipinski definition) is 6. The Hall–Kier alpha value is -3.05. The van der Waals surface area contributed by atoms with Crippen LogP contribution >= 0.6 is 0 Å². The van der Waals surface area contributed by atoms with Crippen LogP contribution in [0.2, 0.25) is 0 Å². The lowest BCUT2D eigenvalue weighted by Crippen LogP contribution is -2.41. The van der Waals surface area contributed by atoms with Crippen LogP contribution in [0, 0.1) is 17.6 Å². The smallest absolute Gasteiger partial charge is 0.340 e. The van der Waals surface area contributed by atoms with E-state index in [-0.39, 0.29) is 48.0 Å². The molecule has 1 heterocycles. The summed E-state index contributed by atoms with van der Waals surface area (Å²) in [7, 11) is -1.36. The summed E-state index contributed by atoms with van der Waals surface area (Å²) in [4.78, 5) is 24.4. The Labute approximate surface area is 184 Å². The maximum Gasteiger partial charge on any atom is 0.340 e. The summed E-state index contributed by atoms with van der Waals surface area (Å²) in [6, 6.07) is 6.95. The molecule has 0 bridgehead atoms. The number of amides is 1. The van der Waals surface area contributed by atoms with Crippen molar-refractivity contribution < 1.29 is 36.3 Å². The third kappa shape index (κ3) is 4.89. The molecule has 3 rings (SSSR count). The van der Waals surface area contributed by atoms with Crippen molar-refractivity contribution in [3.8, 4) is 5.75 Å². The highest BCUT2D eigenvalue weighted by Crippen LogP contribution is 2.28. The predicted molar refractivity (Wildman–Crippen MR) is 111 cm³/mol. The molecule has 0 saturated carbocycles. The van der Waals surface area contributed by atoms with Gasteiger partial charge in [0.05, 0.1) is 30.4 Å². The molecule has 8 nitrogen and oxygen atoms in total. The van der Waals surface area contributed by atoms with Gasteiger partial charge >= 0.3 is 5.97 Å². The van der Waals surface area contributed by atoms with Crippen molar-refractivity contribution >= 4 is 27.6 Å². The quantitative estimate of drug-likeness (QED) is 0.655. The molecule has 1 aliphatic heterocycles. The first-order valence-corrected chi connectivity index (χ1v) is 11.1. The number of sulfonamides is 1. The summed E-state index contributed by atoms with van der Waals surface area (Å²) >= 11 is 0. The normalized spacial score (nSPS) is 15.2. The second-order valence-corrected chi connectivity index (χ2v) is 9.08. The molecule has 172 valence electrons. The Morgan fingerprint density at radius 2 is 1.72 bits per heavy atom. The van der Waals surface area contributed by atoms with Crippen molar-refractivity contribution in [3.63, 3.8) is 0 Å². The van der Waals surface area contributed by atoms with Gasteiger partial charge in [-0.05, 0) is 49.2 Å². The van der Waals surface area contributed by atoms with Crippen molar-refractivity contribution in [2.75, 3.05) is 32.6 Å². The van der Waals surface area contributed by atoms with Gasteiger partial charge in [0.1, 0.15) is 5.75 Å². The fourth-order valence-corrected chi connectivity index (χ4v) is 4.90. The van der Waals surface area contributed by atoms with E-state index in [2.05, 4.69) is 5.32 Å². The minimum atomic E-state index is -4.02. The van der Waals surface area contributed by atoms with Crippen LogP contribution in [0.25, 0.3) is 0 Å².